The van der Waals surface area contributed by atoms with Crippen LogP contribution in [0.1, 0.15) is 15.9 Å². The molecule has 5 heteroatoms. The van der Waals surface area contributed by atoms with E-state index in [9.17, 15) is 10.1 Å². The zero-order chi connectivity index (χ0) is 15.2. The van der Waals surface area contributed by atoms with E-state index in [2.05, 4.69) is 15.9 Å². The number of ether oxygens (including phenoxy) is 1. The number of methoxy groups -OCH3 is 1. The highest BCUT2D eigenvalue weighted by molar-refractivity contribution is 9.10. The van der Waals surface area contributed by atoms with Crippen molar-refractivity contribution in [2.24, 2.45) is 0 Å². The highest BCUT2D eigenvalue weighted by Gasteiger charge is 2.16. The lowest BCUT2D eigenvalue weighted by Crippen LogP contribution is -2.25. The van der Waals surface area contributed by atoms with Gasteiger partial charge in [0.05, 0.1) is 13.7 Å². The fourth-order valence-corrected chi connectivity index (χ4v) is 2.25. The second-order valence-corrected chi connectivity index (χ2v) is 5.17. The molecular weight excluding hydrogens is 332 g/mol. The van der Waals surface area contributed by atoms with E-state index in [0.29, 0.717) is 11.3 Å². The molecule has 0 aliphatic heterocycles. The Morgan fingerprint density at radius 2 is 1.90 bits per heavy atom. The normalized spacial score (nSPS) is 9.76. The Morgan fingerprint density at radius 1 is 1.24 bits per heavy atom. The predicted octanol–water partition coefficient (Wildman–Crippen LogP) is 3.58. The molecule has 0 aromatic heterocycles. The van der Waals surface area contributed by atoms with Crippen LogP contribution in [-0.4, -0.2) is 17.9 Å². The predicted molar refractivity (Wildman–Crippen MR) is 82.6 cm³/mol. The van der Waals surface area contributed by atoms with Crippen LogP contribution in [0.5, 0.6) is 5.75 Å². The first-order valence-corrected chi connectivity index (χ1v) is 7.04. The summed E-state index contributed by atoms with van der Waals surface area (Å²) >= 11 is 3.41. The van der Waals surface area contributed by atoms with Crippen molar-refractivity contribution in [3.63, 3.8) is 0 Å². The molecule has 0 fully saturated rings. The number of carbonyl (C=O) groups is 1. The van der Waals surface area contributed by atoms with Gasteiger partial charge in [0, 0.05) is 10.0 Å². The minimum absolute atomic E-state index is 0.225. The molecule has 0 aliphatic carbocycles. The van der Waals surface area contributed by atoms with Crippen molar-refractivity contribution in [3.05, 3.63) is 64.1 Å². The van der Waals surface area contributed by atoms with Gasteiger partial charge in [0.2, 0.25) is 0 Å². The van der Waals surface area contributed by atoms with Crippen LogP contribution in [-0.2, 0) is 6.54 Å². The number of hydrogen-bond acceptors (Lipinski definition) is 3. The summed E-state index contributed by atoms with van der Waals surface area (Å²) in [4.78, 5) is 13.5. The topological polar surface area (TPSA) is 53.3 Å². The fraction of sp³-hybridized carbons (Fsp3) is 0.125. The monoisotopic (exact) mass is 344 g/mol. The van der Waals surface area contributed by atoms with Gasteiger partial charge in [-0.05, 0) is 35.9 Å². The first-order valence-electron chi connectivity index (χ1n) is 6.24. The quantitative estimate of drug-likeness (QED) is 0.629. The van der Waals surface area contributed by atoms with E-state index in [1.807, 2.05) is 30.5 Å². The van der Waals surface area contributed by atoms with E-state index in [4.69, 9.17) is 4.74 Å². The van der Waals surface area contributed by atoms with Gasteiger partial charge < -0.3 is 4.74 Å². The zero-order valence-electron chi connectivity index (χ0n) is 11.4. The number of nitriles is 1. The highest BCUT2D eigenvalue weighted by atomic mass is 79.9. The van der Waals surface area contributed by atoms with Crippen molar-refractivity contribution < 1.29 is 9.53 Å². The average Bonchev–Trinajstić information content (AvgIpc) is 2.53. The summed E-state index contributed by atoms with van der Waals surface area (Å²) in [5.74, 6) is 0.330. The summed E-state index contributed by atoms with van der Waals surface area (Å²) in [5, 5.41) is 9.23. The van der Waals surface area contributed by atoms with Crippen LogP contribution in [0.25, 0.3) is 0 Å². The molecule has 0 saturated carbocycles. The Labute approximate surface area is 131 Å². The first kappa shape index (κ1) is 15.1. The van der Waals surface area contributed by atoms with E-state index < -0.39 is 0 Å². The lowest BCUT2D eigenvalue weighted by atomic mass is 10.1. The second kappa shape index (κ2) is 6.91. The van der Waals surface area contributed by atoms with Gasteiger partial charge >= 0.3 is 0 Å². The average molecular weight is 345 g/mol. The van der Waals surface area contributed by atoms with Crippen molar-refractivity contribution in [1.82, 2.24) is 4.90 Å². The third-order valence-corrected chi connectivity index (χ3v) is 3.76. The van der Waals surface area contributed by atoms with Gasteiger partial charge in [-0.25, -0.2) is 4.90 Å². The maximum Gasteiger partial charge on any atom is 0.267 e. The molecule has 2 aromatic rings. The zero-order valence-corrected chi connectivity index (χ0v) is 13.0. The van der Waals surface area contributed by atoms with Crippen molar-refractivity contribution in [2.45, 2.75) is 6.54 Å². The molecule has 21 heavy (non-hydrogen) atoms. The maximum atomic E-state index is 12.3. The number of hydrogen-bond donors (Lipinski definition) is 0. The highest BCUT2D eigenvalue weighted by Crippen LogP contribution is 2.19. The first-order chi connectivity index (χ1) is 10.2. The summed E-state index contributed by atoms with van der Waals surface area (Å²) in [6.45, 7) is 0.225. The molecule has 0 bridgehead atoms. The molecule has 2 aromatic carbocycles. The van der Waals surface area contributed by atoms with Gasteiger partial charge in [-0.15, -0.1) is 0 Å². The molecule has 0 atom stereocenters. The number of amides is 1. The van der Waals surface area contributed by atoms with Crippen LogP contribution >= 0.6 is 15.9 Å². The molecule has 0 aliphatic rings. The smallest absolute Gasteiger partial charge is 0.267 e. The fourth-order valence-electron chi connectivity index (χ4n) is 1.84. The molecule has 0 heterocycles. The summed E-state index contributed by atoms with van der Waals surface area (Å²) in [7, 11) is 1.56. The molecule has 0 saturated heterocycles. The van der Waals surface area contributed by atoms with E-state index in [-0.39, 0.29) is 12.5 Å². The Morgan fingerprint density at radius 3 is 2.48 bits per heavy atom. The minimum atomic E-state index is -0.337. The van der Waals surface area contributed by atoms with Gasteiger partial charge in [-0.3, -0.25) is 4.79 Å². The Hall–Kier alpha value is -2.32. The largest absolute Gasteiger partial charge is 0.497 e. The van der Waals surface area contributed by atoms with Gasteiger partial charge in [0.1, 0.15) is 5.75 Å². The number of carbonyl (C=O) groups excluding carboxylic acids is 1. The van der Waals surface area contributed by atoms with Crippen LogP contribution < -0.4 is 4.74 Å². The minimum Gasteiger partial charge on any atom is -0.497 e. The van der Waals surface area contributed by atoms with Gasteiger partial charge in [-0.1, -0.05) is 34.1 Å². The molecule has 0 spiro atoms. The molecular formula is C16H13BrN2O2. The van der Waals surface area contributed by atoms with Gasteiger partial charge in [-0.2, -0.15) is 5.26 Å². The SMILES string of the molecule is COc1ccc(C(=O)N(C#N)Cc2ccccc2Br)cc1. The lowest BCUT2D eigenvalue weighted by molar-refractivity contribution is 0.0824. The number of halogens is 1. The van der Waals surface area contributed by atoms with E-state index >= 15 is 0 Å². The van der Waals surface area contributed by atoms with Crippen molar-refractivity contribution in [3.8, 4) is 11.9 Å². The van der Waals surface area contributed by atoms with Crippen LogP contribution in [0, 0.1) is 11.5 Å². The molecule has 4 nitrogen and oxygen atoms in total. The lowest BCUT2D eigenvalue weighted by Gasteiger charge is -2.15. The molecule has 2 rings (SSSR count). The van der Waals surface area contributed by atoms with E-state index in [1.165, 1.54) is 0 Å². The third-order valence-electron chi connectivity index (χ3n) is 2.99. The summed E-state index contributed by atoms with van der Waals surface area (Å²) in [6, 6.07) is 14.2. The Kier molecular flexibility index (Phi) is 4.96. The summed E-state index contributed by atoms with van der Waals surface area (Å²) in [6.07, 6.45) is 1.94. The van der Waals surface area contributed by atoms with Crippen molar-refractivity contribution in [2.75, 3.05) is 7.11 Å². The Balaban J connectivity index is 2.19. The van der Waals surface area contributed by atoms with E-state index in [1.54, 1.807) is 31.4 Å². The molecule has 0 radical (unpaired) electrons. The number of nitrogens with zero attached hydrogens (tertiary/aromatic N) is 2. The summed E-state index contributed by atoms with van der Waals surface area (Å²) in [5.41, 5.74) is 1.32. The summed E-state index contributed by atoms with van der Waals surface area (Å²) < 4.78 is 5.92. The number of rotatable bonds is 4. The van der Waals surface area contributed by atoms with Crippen molar-refractivity contribution in [1.29, 1.82) is 5.26 Å². The van der Waals surface area contributed by atoms with E-state index in [0.717, 1.165) is 14.9 Å². The van der Waals surface area contributed by atoms with Gasteiger partial charge in [0.25, 0.3) is 5.91 Å². The van der Waals surface area contributed by atoms with Crippen molar-refractivity contribution >= 4 is 21.8 Å². The van der Waals surface area contributed by atoms with Crippen LogP contribution in [0.4, 0.5) is 0 Å². The van der Waals surface area contributed by atoms with Crippen LogP contribution in [0.2, 0.25) is 0 Å². The molecule has 0 unspecified atom stereocenters. The van der Waals surface area contributed by atoms with Crippen LogP contribution in [0.15, 0.2) is 53.0 Å². The van der Waals surface area contributed by atoms with Gasteiger partial charge in [0.15, 0.2) is 6.19 Å². The number of benzene rings is 2. The second-order valence-electron chi connectivity index (χ2n) is 4.31. The Bertz CT molecular complexity index is 677. The molecule has 1 amide bonds. The standard InChI is InChI=1S/C16H13BrN2O2/c1-21-14-8-6-12(7-9-14)16(20)19(11-18)10-13-4-2-3-5-15(13)17/h2-9H,10H2,1H3. The molecule has 0 N–H and O–H groups in total. The molecule has 106 valence electrons. The third kappa shape index (κ3) is 3.61. The van der Waals surface area contributed by atoms with Crippen LogP contribution in [0.3, 0.4) is 0 Å². The maximum absolute atomic E-state index is 12.3.